The van der Waals surface area contributed by atoms with Gasteiger partial charge >= 0.3 is 0 Å². The van der Waals surface area contributed by atoms with Gasteiger partial charge in [-0.15, -0.1) is 0 Å². The summed E-state index contributed by atoms with van der Waals surface area (Å²) in [5, 5.41) is 1.34. The summed E-state index contributed by atoms with van der Waals surface area (Å²) in [4.78, 5) is 3.09. The van der Waals surface area contributed by atoms with E-state index in [0.29, 0.717) is 6.42 Å². The van der Waals surface area contributed by atoms with E-state index in [-0.39, 0.29) is 33.6 Å². The Kier molecular flexibility index (Phi) is 6.34. The Morgan fingerprint density at radius 1 is 0.935 bits per heavy atom. The molecule has 0 amide bonds. The van der Waals surface area contributed by atoms with E-state index in [1.807, 2.05) is 30.5 Å². The lowest BCUT2D eigenvalue weighted by molar-refractivity contribution is 0.402. The van der Waals surface area contributed by atoms with Gasteiger partial charge in [0.05, 0.1) is 5.02 Å². The van der Waals surface area contributed by atoms with E-state index in [1.165, 1.54) is 28.6 Å². The van der Waals surface area contributed by atoms with Gasteiger partial charge in [0, 0.05) is 40.8 Å². The van der Waals surface area contributed by atoms with Gasteiger partial charge in [0.25, 0.3) is 0 Å². The van der Waals surface area contributed by atoms with Gasteiger partial charge in [-0.2, -0.15) is 4.31 Å². The smallest absolute Gasteiger partial charge is 0.244 e. The van der Waals surface area contributed by atoms with Crippen LogP contribution in [0.1, 0.15) is 11.1 Å². The Bertz CT molecular complexity index is 1340. The van der Waals surface area contributed by atoms with Crippen molar-refractivity contribution in [2.75, 3.05) is 6.54 Å². The van der Waals surface area contributed by atoms with Crippen LogP contribution in [0.25, 0.3) is 10.9 Å². The van der Waals surface area contributed by atoms with Crippen LogP contribution >= 0.6 is 23.2 Å². The molecule has 0 radical (unpaired) electrons. The second-order valence-corrected chi connectivity index (χ2v) is 9.86. The van der Waals surface area contributed by atoms with Crippen molar-refractivity contribution in [1.29, 1.82) is 0 Å². The van der Waals surface area contributed by atoms with Gasteiger partial charge in [-0.25, -0.2) is 12.8 Å². The number of benzene rings is 3. The Balaban J connectivity index is 1.70. The van der Waals surface area contributed by atoms with E-state index in [9.17, 15) is 12.8 Å². The van der Waals surface area contributed by atoms with Gasteiger partial charge in [-0.1, -0.05) is 59.6 Å². The van der Waals surface area contributed by atoms with Gasteiger partial charge in [-0.3, -0.25) is 0 Å². The number of nitrogens with zero attached hydrogens (tertiary/aromatic N) is 1. The normalized spacial score (nSPS) is 12.0. The summed E-state index contributed by atoms with van der Waals surface area (Å²) in [5.74, 6) is -0.466. The number of fused-ring (bicyclic) bond motifs is 1. The topological polar surface area (TPSA) is 53.2 Å². The molecule has 0 saturated heterocycles. The third-order valence-electron chi connectivity index (χ3n) is 5.12. The maximum absolute atomic E-state index is 14.3. The van der Waals surface area contributed by atoms with Gasteiger partial charge in [0.15, 0.2) is 0 Å². The zero-order valence-electron chi connectivity index (χ0n) is 16.4. The maximum atomic E-state index is 14.3. The van der Waals surface area contributed by atoms with Crippen LogP contribution in [0.15, 0.2) is 77.8 Å². The van der Waals surface area contributed by atoms with Crippen LogP contribution in [-0.4, -0.2) is 24.3 Å². The number of para-hydroxylation sites is 1. The van der Waals surface area contributed by atoms with Gasteiger partial charge in [-0.05, 0) is 42.3 Å². The molecule has 0 fully saturated rings. The number of rotatable bonds is 7. The Morgan fingerprint density at radius 3 is 2.48 bits per heavy atom. The molecule has 1 aromatic heterocycles. The number of sulfonamides is 1. The minimum Gasteiger partial charge on any atom is -0.361 e. The van der Waals surface area contributed by atoms with Crippen LogP contribution in [0, 0.1) is 5.82 Å². The second kappa shape index (κ2) is 9.01. The van der Waals surface area contributed by atoms with E-state index >= 15 is 0 Å². The third kappa shape index (κ3) is 4.62. The molecule has 8 heteroatoms. The average molecular weight is 477 g/mol. The molecule has 0 aliphatic rings. The van der Waals surface area contributed by atoms with Crippen molar-refractivity contribution in [2.24, 2.45) is 0 Å². The first-order valence-corrected chi connectivity index (χ1v) is 11.8. The predicted octanol–water partition coefficient (Wildman–Crippen LogP) is 6.05. The molecule has 3 aromatic carbocycles. The van der Waals surface area contributed by atoms with Crippen LogP contribution in [0.2, 0.25) is 10.0 Å². The standard InChI is InChI=1S/C23H19Cl2FN2O2S/c24-18-9-10-20(25)23(13-18)31(29,30)28(15-17-5-1-3-7-21(17)26)12-11-16-14-27-22-8-4-2-6-19(16)22/h1-10,13-14,27H,11-12,15H2. The number of H-pyrrole nitrogens is 1. The molecule has 4 aromatic rings. The molecule has 4 rings (SSSR count). The lowest BCUT2D eigenvalue weighted by atomic mass is 10.1. The quantitative estimate of drug-likeness (QED) is 0.353. The molecule has 0 bridgehead atoms. The fraction of sp³-hybridized carbons (Fsp3) is 0.130. The zero-order valence-corrected chi connectivity index (χ0v) is 18.7. The number of nitrogens with one attached hydrogen (secondary N) is 1. The first kappa shape index (κ1) is 21.8. The van der Waals surface area contributed by atoms with E-state index in [0.717, 1.165) is 16.5 Å². The fourth-order valence-electron chi connectivity index (χ4n) is 3.50. The molecule has 0 atom stereocenters. The van der Waals surface area contributed by atoms with Crippen molar-refractivity contribution in [2.45, 2.75) is 17.9 Å². The van der Waals surface area contributed by atoms with Crippen LogP contribution in [0.4, 0.5) is 4.39 Å². The monoisotopic (exact) mass is 476 g/mol. The molecule has 0 saturated carbocycles. The highest BCUT2D eigenvalue weighted by Gasteiger charge is 2.28. The van der Waals surface area contributed by atoms with Gasteiger partial charge in [0.1, 0.15) is 10.7 Å². The highest BCUT2D eigenvalue weighted by molar-refractivity contribution is 7.89. The van der Waals surface area contributed by atoms with Gasteiger partial charge < -0.3 is 4.98 Å². The molecule has 160 valence electrons. The lowest BCUT2D eigenvalue weighted by Crippen LogP contribution is -2.33. The van der Waals surface area contributed by atoms with E-state index in [2.05, 4.69) is 4.98 Å². The van der Waals surface area contributed by atoms with E-state index < -0.39 is 15.8 Å². The molecule has 1 heterocycles. The van der Waals surface area contributed by atoms with Crippen LogP contribution in [0.3, 0.4) is 0 Å². The molecule has 31 heavy (non-hydrogen) atoms. The summed E-state index contributed by atoms with van der Waals surface area (Å²) in [6.07, 6.45) is 2.31. The fourth-order valence-corrected chi connectivity index (χ4v) is 5.65. The molecule has 0 aliphatic carbocycles. The third-order valence-corrected chi connectivity index (χ3v) is 7.68. The summed E-state index contributed by atoms with van der Waals surface area (Å²) in [7, 11) is -4.04. The maximum Gasteiger partial charge on any atom is 0.244 e. The van der Waals surface area contributed by atoms with E-state index in [1.54, 1.807) is 18.2 Å². The second-order valence-electron chi connectivity index (χ2n) is 7.11. The summed E-state index contributed by atoms with van der Waals surface area (Å²) < 4.78 is 42.6. The molecule has 0 unspecified atom stereocenters. The molecular formula is C23H19Cl2FN2O2S. The van der Waals surface area contributed by atoms with Crippen LogP contribution < -0.4 is 0 Å². The number of aromatic nitrogens is 1. The van der Waals surface area contributed by atoms with Crippen LogP contribution in [-0.2, 0) is 23.0 Å². The largest absolute Gasteiger partial charge is 0.361 e. The average Bonchev–Trinajstić information content (AvgIpc) is 3.17. The first-order chi connectivity index (χ1) is 14.9. The molecule has 1 N–H and O–H groups in total. The summed E-state index contributed by atoms with van der Waals surface area (Å²) in [6.45, 7) is 0.0154. The van der Waals surface area contributed by atoms with Crippen molar-refractivity contribution in [3.05, 3.63) is 99.9 Å². The molecule has 4 nitrogen and oxygen atoms in total. The summed E-state index contributed by atoms with van der Waals surface area (Å²) in [5.41, 5.74) is 2.23. The summed E-state index contributed by atoms with van der Waals surface area (Å²) in [6, 6.07) is 18.2. The highest BCUT2D eigenvalue weighted by atomic mass is 35.5. The summed E-state index contributed by atoms with van der Waals surface area (Å²) >= 11 is 12.2. The molecule has 0 aliphatic heterocycles. The minimum atomic E-state index is -4.04. The van der Waals surface area contributed by atoms with Crippen molar-refractivity contribution in [3.63, 3.8) is 0 Å². The number of hydrogen-bond donors (Lipinski definition) is 1. The number of hydrogen-bond acceptors (Lipinski definition) is 2. The lowest BCUT2D eigenvalue weighted by Gasteiger charge is -2.23. The highest BCUT2D eigenvalue weighted by Crippen LogP contribution is 2.29. The SMILES string of the molecule is O=S(=O)(c1cc(Cl)ccc1Cl)N(CCc1c[nH]c2ccccc12)Cc1ccccc1F. The Hall–Kier alpha value is -2.38. The van der Waals surface area contributed by atoms with E-state index in [4.69, 9.17) is 23.2 Å². The number of halogens is 3. The Labute approximate surface area is 190 Å². The molecule has 0 spiro atoms. The minimum absolute atomic E-state index is 0.0648. The van der Waals surface area contributed by atoms with Crippen molar-refractivity contribution in [1.82, 2.24) is 9.29 Å². The van der Waals surface area contributed by atoms with Crippen molar-refractivity contribution < 1.29 is 12.8 Å². The van der Waals surface area contributed by atoms with Crippen molar-refractivity contribution >= 4 is 44.1 Å². The van der Waals surface area contributed by atoms with Gasteiger partial charge in [0.2, 0.25) is 10.0 Å². The Morgan fingerprint density at radius 2 is 1.68 bits per heavy atom. The zero-order chi connectivity index (χ0) is 22.0. The van der Waals surface area contributed by atoms with Crippen molar-refractivity contribution in [3.8, 4) is 0 Å². The first-order valence-electron chi connectivity index (χ1n) is 9.60. The number of aromatic amines is 1. The molecular weight excluding hydrogens is 458 g/mol. The van der Waals surface area contributed by atoms with Crippen LogP contribution in [0.5, 0.6) is 0 Å². The predicted molar refractivity (Wildman–Crippen MR) is 122 cm³/mol.